The van der Waals surface area contributed by atoms with Crippen LogP contribution in [-0.4, -0.2) is 79.6 Å². The van der Waals surface area contributed by atoms with E-state index in [0.29, 0.717) is 13.2 Å². The predicted octanol–water partition coefficient (Wildman–Crippen LogP) is 2.17. The molecule has 140 valence electrons. The maximum absolute atomic E-state index is 12.2. The van der Waals surface area contributed by atoms with Crippen LogP contribution in [0.5, 0.6) is 5.75 Å². The maximum atomic E-state index is 12.2. The fourth-order valence-corrected chi connectivity index (χ4v) is 3.34. The van der Waals surface area contributed by atoms with E-state index in [1.165, 1.54) is 11.1 Å². The standard InChI is InChI=1S/C20H33N3O2/c1-5-23(6-2)19(24)16-22-12-10-21(11-13-22)14-15-25-20-17(3)8-7-9-18(20)4/h7-9H,5-6,10-16H2,1-4H3. The monoisotopic (exact) mass is 347 g/mol. The molecule has 0 atom stereocenters. The second-order valence-electron chi connectivity index (χ2n) is 6.75. The first-order chi connectivity index (χ1) is 12.0. The molecule has 0 aromatic heterocycles. The largest absolute Gasteiger partial charge is 0.492 e. The van der Waals surface area contributed by atoms with Crippen molar-refractivity contribution in [3.63, 3.8) is 0 Å². The third-order valence-corrected chi connectivity index (χ3v) is 5.00. The Morgan fingerprint density at radius 1 is 1.04 bits per heavy atom. The van der Waals surface area contributed by atoms with Gasteiger partial charge in [-0.15, -0.1) is 0 Å². The van der Waals surface area contributed by atoms with Crippen LogP contribution in [-0.2, 0) is 4.79 Å². The summed E-state index contributed by atoms with van der Waals surface area (Å²) < 4.78 is 6.01. The second-order valence-corrected chi connectivity index (χ2v) is 6.75. The minimum absolute atomic E-state index is 0.247. The lowest BCUT2D eigenvalue weighted by Gasteiger charge is -2.35. The molecule has 1 saturated heterocycles. The lowest BCUT2D eigenvalue weighted by molar-refractivity contribution is -0.132. The number of aryl methyl sites for hydroxylation is 2. The first-order valence-electron chi connectivity index (χ1n) is 9.46. The normalized spacial score (nSPS) is 16.0. The van der Waals surface area contributed by atoms with Gasteiger partial charge in [0.15, 0.2) is 0 Å². The number of rotatable bonds is 8. The number of amides is 1. The number of nitrogens with zero attached hydrogens (tertiary/aromatic N) is 3. The van der Waals surface area contributed by atoms with Crippen LogP contribution >= 0.6 is 0 Å². The van der Waals surface area contributed by atoms with Crippen molar-refractivity contribution < 1.29 is 9.53 Å². The Kier molecular flexibility index (Phi) is 7.72. The van der Waals surface area contributed by atoms with Crippen molar-refractivity contribution in [2.24, 2.45) is 0 Å². The van der Waals surface area contributed by atoms with E-state index < -0.39 is 0 Å². The van der Waals surface area contributed by atoms with Gasteiger partial charge >= 0.3 is 0 Å². The number of piperazine rings is 1. The van der Waals surface area contributed by atoms with Crippen molar-refractivity contribution in [1.29, 1.82) is 0 Å². The van der Waals surface area contributed by atoms with Gasteiger partial charge in [0.05, 0.1) is 6.54 Å². The third-order valence-electron chi connectivity index (χ3n) is 5.00. The Hall–Kier alpha value is -1.59. The van der Waals surface area contributed by atoms with Gasteiger partial charge in [0.25, 0.3) is 0 Å². The highest BCUT2D eigenvalue weighted by molar-refractivity contribution is 5.78. The van der Waals surface area contributed by atoms with Crippen LogP contribution in [0.25, 0.3) is 0 Å². The number of carbonyl (C=O) groups excluding carboxylic acids is 1. The number of para-hydroxylation sites is 1. The minimum atomic E-state index is 0.247. The lowest BCUT2D eigenvalue weighted by atomic mass is 10.1. The van der Waals surface area contributed by atoms with E-state index >= 15 is 0 Å². The topological polar surface area (TPSA) is 36.0 Å². The number of hydrogen-bond donors (Lipinski definition) is 0. The van der Waals surface area contributed by atoms with Crippen molar-refractivity contribution in [1.82, 2.24) is 14.7 Å². The van der Waals surface area contributed by atoms with E-state index in [-0.39, 0.29) is 5.91 Å². The molecule has 2 rings (SSSR count). The summed E-state index contributed by atoms with van der Waals surface area (Å²) in [4.78, 5) is 18.8. The Morgan fingerprint density at radius 3 is 2.16 bits per heavy atom. The summed E-state index contributed by atoms with van der Waals surface area (Å²) in [6, 6.07) is 6.25. The smallest absolute Gasteiger partial charge is 0.236 e. The molecule has 0 saturated carbocycles. The molecule has 1 fully saturated rings. The zero-order valence-electron chi connectivity index (χ0n) is 16.3. The van der Waals surface area contributed by atoms with Crippen LogP contribution < -0.4 is 4.74 Å². The van der Waals surface area contributed by atoms with E-state index in [9.17, 15) is 4.79 Å². The van der Waals surface area contributed by atoms with Gasteiger partial charge in [0, 0.05) is 45.8 Å². The van der Waals surface area contributed by atoms with Gasteiger partial charge in [-0.25, -0.2) is 0 Å². The molecule has 5 nitrogen and oxygen atoms in total. The Balaban J connectivity index is 1.69. The summed E-state index contributed by atoms with van der Waals surface area (Å²) in [5.74, 6) is 1.27. The van der Waals surface area contributed by atoms with Gasteiger partial charge in [-0.3, -0.25) is 14.6 Å². The molecular formula is C20H33N3O2. The van der Waals surface area contributed by atoms with Crippen LogP contribution in [0.4, 0.5) is 0 Å². The summed E-state index contributed by atoms with van der Waals surface area (Å²) in [6.45, 7) is 16.0. The van der Waals surface area contributed by atoms with Crippen LogP contribution in [0.15, 0.2) is 18.2 Å². The summed E-state index contributed by atoms with van der Waals surface area (Å²) in [5.41, 5.74) is 2.39. The van der Waals surface area contributed by atoms with Crippen LogP contribution in [0.2, 0.25) is 0 Å². The van der Waals surface area contributed by atoms with Crippen LogP contribution in [0, 0.1) is 13.8 Å². The average Bonchev–Trinajstić information content (AvgIpc) is 2.60. The van der Waals surface area contributed by atoms with E-state index in [1.807, 2.05) is 18.7 Å². The van der Waals surface area contributed by atoms with Crippen molar-refractivity contribution >= 4 is 5.91 Å². The average molecular weight is 348 g/mol. The predicted molar refractivity (Wildman–Crippen MR) is 102 cm³/mol. The van der Waals surface area contributed by atoms with E-state index in [4.69, 9.17) is 4.74 Å². The maximum Gasteiger partial charge on any atom is 0.236 e. The highest BCUT2D eigenvalue weighted by Gasteiger charge is 2.20. The number of likely N-dealkylation sites (N-methyl/N-ethyl adjacent to an activating group) is 1. The SMILES string of the molecule is CCN(CC)C(=O)CN1CCN(CCOc2c(C)cccc2C)CC1. The first-order valence-corrected chi connectivity index (χ1v) is 9.46. The quantitative estimate of drug-likeness (QED) is 0.722. The molecule has 0 N–H and O–H groups in total. The van der Waals surface area contributed by atoms with Gasteiger partial charge in [-0.1, -0.05) is 18.2 Å². The number of hydrogen-bond acceptors (Lipinski definition) is 4. The number of carbonyl (C=O) groups is 1. The fourth-order valence-electron chi connectivity index (χ4n) is 3.34. The van der Waals surface area contributed by atoms with Gasteiger partial charge < -0.3 is 9.64 Å². The molecule has 1 aromatic carbocycles. The minimum Gasteiger partial charge on any atom is -0.492 e. The Bertz CT molecular complexity index is 530. The molecule has 1 heterocycles. The molecule has 0 radical (unpaired) electrons. The van der Waals surface area contributed by atoms with Crippen molar-refractivity contribution in [2.75, 3.05) is 59.0 Å². The zero-order chi connectivity index (χ0) is 18.2. The first kappa shape index (κ1) is 19.7. The molecule has 1 aliphatic heterocycles. The van der Waals surface area contributed by atoms with Crippen molar-refractivity contribution in [2.45, 2.75) is 27.7 Å². The highest BCUT2D eigenvalue weighted by atomic mass is 16.5. The van der Waals surface area contributed by atoms with Crippen molar-refractivity contribution in [3.05, 3.63) is 29.3 Å². The molecular weight excluding hydrogens is 314 g/mol. The van der Waals surface area contributed by atoms with Crippen molar-refractivity contribution in [3.8, 4) is 5.75 Å². The van der Waals surface area contributed by atoms with Gasteiger partial charge in [0.2, 0.25) is 5.91 Å². The Morgan fingerprint density at radius 2 is 1.60 bits per heavy atom. The Labute approximate surface area is 152 Å². The number of ether oxygens (including phenoxy) is 1. The molecule has 1 aromatic rings. The fraction of sp³-hybridized carbons (Fsp3) is 0.650. The highest BCUT2D eigenvalue weighted by Crippen LogP contribution is 2.22. The van der Waals surface area contributed by atoms with E-state index in [2.05, 4.69) is 41.8 Å². The summed E-state index contributed by atoms with van der Waals surface area (Å²) >= 11 is 0. The zero-order valence-corrected chi connectivity index (χ0v) is 16.3. The molecule has 1 aliphatic rings. The number of benzene rings is 1. The summed E-state index contributed by atoms with van der Waals surface area (Å²) in [5, 5.41) is 0. The third kappa shape index (κ3) is 5.72. The molecule has 0 spiro atoms. The molecule has 0 unspecified atom stereocenters. The summed E-state index contributed by atoms with van der Waals surface area (Å²) in [6.07, 6.45) is 0. The molecule has 1 amide bonds. The van der Waals surface area contributed by atoms with E-state index in [1.54, 1.807) is 0 Å². The van der Waals surface area contributed by atoms with E-state index in [0.717, 1.165) is 51.6 Å². The molecule has 0 aliphatic carbocycles. The van der Waals surface area contributed by atoms with Crippen LogP contribution in [0.3, 0.4) is 0 Å². The molecule has 0 bridgehead atoms. The van der Waals surface area contributed by atoms with Gasteiger partial charge in [-0.05, 0) is 38.8 Å². The molecule has 5 heteroatoms. The summed E-state index contributed by atoms with van der Waals surface area (Å²) in [7, 11) is 0. The van der Waals surface area contributed by atoms with Gasteiger partial charge in [-0.2, -0.15) is 0 Å². The second kappa shape index (κ2) is 9.78. The van der Waals surface area contributed by atoms with Gasteiger partial charge in [0.1, 0.15) is 12.4 Å². The lowest BCUT2D eigenvalue weighted by Crippen LogP contribution is -2.50. The van der Waals surface area contributed by atoms with Crippen LogP contribution in [0.1, 0.15) is 25.0 Å². The molecule has 25 heavy (non-hydrogen) atoms.